The molecule has 0 aliphatic rings. The molecule has 0 spiro atoms. The Morgan fingerprint density at radius 1 is 1.00 bits per heavy atom. The molecule has 0 saturated carbocycles. The van der Waals surface area contributed by atoms with Crippen LogP contribution in [0.2, 0.25) is 0 Å². The highest BCUT2D eigenvalue weighted by Crippen LogP contribution is 2.13. The molecule has 0 aliphatic carbocycles. The molecule has 0 bridgehead atoms. The summed E-state index contributed by atoms with van der Waals surface area (Å²) < 4.78 is 1.73. The first-order chi connectivity index (χ1) is 6.45. The zero-order chi connectivity index (χ0) is 8.67. The van der Waals surface area contributed by atoms with Crippen LogP contribution in [0.4, 0.5) is 0 Å². The van der Waals surface area contributed by atoms with E-state index in [0.717, 1.165) is 16.6 Å². The fourth-order valence-electron chi connectivity index (χ4n) is 1.46. The maximum absolute atomic E-state index is 3.90. The summed E-state index contributed by atoms with van der Waals surface area (Å²) in [5.41, 5.74) is 1.81. The van der Waals surface area contributed by atoms with Crippen LogP contribution in [-0.2, 0) is 0 Å². The van der Waals surface area contributed by atoms with Crippen LogP contribution in [0.25, 0.3) is 16.6 Å². The zero-order valence-corrected chi connectivity index (χ0v) is 7.98. The van der Waals surface area contributed by atoms with E-state index in [2.05, 4.69) is 15.5 Å². The highest BCUT2D eigenvalue weighted by molar-refractivity contribution is 5.85. The number of rotatable bonds is 0. The number of pyridine rings is 1. The Bertz CT molecular complexity index is 575. The number of fused-ring (bicyclic) bond motifs is 3. The summed E-state index contributed by atoms with van der Waals surface area (Å²) in [5.74, 6) is 0. The maximum Gasteiger partial charge on any atom is 0.179 e. The van der Waals surface area contributed by atoms with Crippen LogP contribution < -0.4 is 0 Å². The van der Waals surface area contributed by atoms with E-state index in [1.165, 1.54) is 0 Å². The third-order valence-electron chi connectivity index (χ3n) is 2.07. The van der Waals surface area contributed by atoms with Gasteiger partial charge in [-0.15, -0.1) is 17.5 Å². The molecule has 0 fully saturated rings. The minimum atomic E-state index is 0. The Hall–Kier alpha value is -1.68. The summed E-state index contributed by atoms with van der Waals surface area (Å²) in [6.07, 6.45) is 0. The third kappa shape index (κ3) is 1.12. The van der Waals surface area contributed by atoms with E-state index in [1.54, 1.807) is 4.52 Å². The van der Waals surface area contributed by atoms with Crippen LogP contribution in [0, 0.1) is 0 Å². The van der Waals surface area contributed by atoms with Gasteiger partial charge in [-0.2, -0.15) is 4.52 Å². The first-order valence-electron chi connectivity index (χ1n) is 4.01. The molecule has 1 aromatic carbocycles. The molecule has 0 atom stereocenters. The minimum absolute atomic E-state index is 0. The highest BCUT2D eigenvalue weighted by Gasteiger charge is 2.00. The van der Waals surface area contributed by atoms with Crippen LogP contribution in [-0.4, -0.2) is 20.0 Å². The van der Waals surface area contributed by atoms with Crippen molar-refractivity contribution in [2.45, 2.75) is 0 Å². The predicted molar refractivity (Wildman–Crippen MR) is 55.5 cm³/mol. The lowest BCUT2D eigenvalue weighted by molar-refractivity contribution is 0.841. The average molecular weight is 207 g/mol. The Morgan fingerprint density at radius 3 is 2.79 bits per heavy atom. The smallest absolute Gasteiger partial charge is 0.179 e. The van der Waals surface area contributed by atoms with Gasteiger partial charge in [-0.05, 0) is 28.6 Å². The number of hydrogen-bond acceptors (Lipinski definition) is 3. The van der Waals surface area contributed by atoms with Crippen molar-refractivity contribution < 1.29 is 0 Å². The van der Waals surface area contributed by atoms with Gasteiger partial charge in [0.2, 0.25) is 0 Å². The SMILES string of the molecule is Cl.c1ccc2c(c1)ccc1nnnn12. The van der Waals surface area contributed by atoms with Gasteiger partial charge in [0.05, 0.1) is 5.52 Å². The second-order valence-corrected chi connectivity index (χ2v) is 2.84. The standard InChI is InChI=1S/C9H6N4.ClH/c1-2-4-8-7(3-1)5-6-9-10-11-12-13(8)9;/h1-6H;1H. The van der Waals surface area contributed by atoms with Gasteiger partial charge < -0.3 is 0 Å². The van der Waals surface area contributed by atoms with Gasteiger partial charge in [-0.25, -0.2) is 0 Å². The van der Waals surface area contributed by atoms with Crippen molar-refractivity contribution in [3.05, 3.63) is 36.4 Å². The van der Waals surface area contributed by atoms with Gasteiger partial charge in [0.25, 0.3) is 0 Å². The van der Waals surface area contributed by atoms with Crippen molar-refractivity contribution in [3.63, 3.8) is 0 Å². The van der Waals surface area contributed by atoms with E-state index in [4.69, 9.17) is 0 Å². The molecule has 0 saturated heterocycles. The van der Waals surface area contributed by atoms with Gasteiger partial charge >= 0.3 is 0 Å². The molecule has 2 heterocycles. The predicted octanol–water partition coefficient (Wildman–Crippen LogP) is 1.70. The molecule has 2 aromatic heterocycles. The number of nitrogens with zero attached hydrogens (tertiary/aromatic N) is 4. The molecular weight excluding hydrogens is 200 g/mol. The lowest BCUT2D eigenvalue weighted by Gasteiger charge is -1.97. The number of para-hydroxylation sites is 1. The van der Waals surface area contributed by atoms with Gasteiger partial charge in [0.1, 0.15) is 0 Å². The van der Waals surface area contributed by atoms with E-state index >= 15 is 0 Å². The van der Waals surface area contributed by atoms with Crippen molar-refractivity contribution in [1.82, 2.24) is 20.0 Å². The average Bonchev–Trinajstić information content (AvgIpc) is 2.65. The Labute approximate surface area is 85.9 Å². The summed E-state index contributed by atoms with van der Waals surface area (Å²) in [7, 11) is 0. The molecule has 4 nitrogen and oxygen atoms in total. The van der Waals surface area contributed by atoms with Gasteiger partial charge in [-0.3, -0.25) is 0 Å². The number of halogens is 1. The summed E-state index contributed by atoms with van der Waals surface area (Å²) in [6, 6.07) is 11.9. The number of benzene rings is 1. The first-order valence-corrected chi connectivity index (χ1v) is 4.01. The van der Waals surface area contributed by atoms with E-state index in [0.29, 0.717) is 0 Å². The summed E-state index contributed by atoms with van der Waals surface area (Å²) in [5, 5.41) is 12.5. The van der Waals surface area contributed by atoms with Crippen molar-refractivity contribution in [2.75, 3.05) is 0 Å². The number of aromatic nitrogens is 4. The van der Waals surface area contributed by atoms with Crippen molar-refractivity contribution in [2.24, 2.45) is 0 Å². The first kappa shape index (κ1) is 8.90. The van der Waals surface area contributed by atoms with E-state index < -0.39 is 0 Å². The van der Waals surface area contributed by atoms with Crippen molar-refractivity contribution in [3.8, 4) is 0 Å². The molecule has 3 aromatic rings. The third-order valence-corrected chi connectivity index (χ3v) is 2.07. The van der Waals surface area contributed by atoms with Crippen LogP contribution in [0.3, 0.4) is 0 Å². The summed E-state index contributed by atoms with van der Waals surface area (Å²) in [4.78, 5) is 0. The molecule has 0 unspecified atom stereocenters. The highest BCUT2D eigenvalue weighted by atomic mass is 35.5. The second-order valence-electron chi connectivity index (χ2n) is 2.84. The van der Waals surface area contributed by atoms with Crippen LogP contribution >= 0.6 is 12.4 Å². The van der Waals surface area contributed by atoms with Crippen LogP contribution in [0.1, 0.15) is 0 Å². The quantitative estimate of drug-likeness (QED) is 0.562. The van der Waals surface area contributed by atoms with Crippen LogP contribution in [0.15, 0.2) is 36.4 Å². The van der Waals surface area contributed by atoms with Gasteiger partial charge in [-0.1, -0.05) is 18.2 Å². The topological polar surface area (TPSA) is 43.1 Å². The second kappa shape index (κ2) is 3.23. The lowest BCUT2D eigenvalue weighted by atomic mass is 10.2. The molecule has 5 heteroatoms. The fourth-order valence-corrected chi connectivity index (χ4v) is 1.46. The normalized spacial score (nSPS) is 10.3. The zero-order valence-electron chi connectivity index (χ0n) is 7.16. The number of tetrazole rings is 1. The molecule has 0 aliphatic heterocycles. The monoisotopic (exact) mass is 206 g/mol. The Morgan fingerprint density at radius 2 is 1.86 bits per heavy atom. The molecule has 0 N–H and O–H groups in total. The van der Waals surface area contributed by atoms with E-state index in [-0.39, 0.29) is 12.4 Å². The molecule has 14 heavy (non-hydrogen) atoms. The molecular formula is C9H7ClN4. The van der Waals surface area contributed by atoms with E-state index in [1.807, 2.05) is 36.4 Å². The maximum atomic E-state index is 3.90. The van der Waals surface area contributed by atoms with Crippen molar-refractivity contribution >= 4 is 29.0 Å². The number of hydrogen-bond donors (Lipinski definition) is 0. The van der Waals surface area contributed by atoms with Gasteiger partial charge in [0, 0.05) is 5.39 Å². The minimum Gasteiger partial charge on any atom is -0.193 e. The van der Waals surface area contributed by atoms with Crippen LogP contribution in [0.5, 0.6) is 0 Å². The largest absolute Gasteiger partial charge is 0.193 e. The Kier molecular flexibility index (Phi) is 2.05. The van der Waals surface area contributed by atoms with Crippen molar-refractivity contribution in [1.29, 1.82) is 0 Å². The lowest BCUT2D eigenvalue weighted by Crippen LogP contribution is -1.89. The molecule has 70 valence electrons. The Balaban J connectivity index is 0.000000750. The summed E-state index contributed by atoms with van der Waals surface area (Å²) >= 11 is 0. The van der Waals surface area contributed by atoms with E-state index in [9.17, 15) is 0 Å². The molecule has 0 amide bonds. The summed E-state index contributed by atoms with van der Waals surface area (Å²) in [6.45, 7) is 0. The molecule has 0 radical (unpaired) electrons. The van der Waals surface area contributed by atoms with Gasteiger partial charge in [0.15, 0.2) is 5.65 Å². The fraction of sp³-hybridized carbons (Fsp3) is 0. The molecule has 3 rings (SSSR count).